The molecule has 0 aliphatic carbocycles. The zero-order valence-corrected chi connectivity index (χ0v) is 46.0. The first-order valence-electron chi connectivity index (χ1n) is 23.7. The largest absolute Gasteiger partial charge is 0.497 e. The van der Waals surface area contributed by atoms with E-state index in [4.69, 9.17) is 39.9 Å². The van der Waals surface area contributed by atoms with Crippen LogP contribution in [0.15, 0.2) is 94.7 Å². The average Bonchev–Trinajstić information content (AvgIpc) is 4.02. The summed E-state index contributed by atoms with van der Waals surface area (Å²) < 4.78 is 96.6. The minimum atomic E-state index is -5.03. The van der Waals surface area contributed by atoms with Gasteiger partial charge in [0.2, 0.25) is 31.8 Å². The summed E-state index contributed by atoms with van der Waals surface area (Å²) >= 11 is 0. The van der Waals surface area contributed by atoms with Crippen LogP contribution in [-0.4, -0.2) is 115 Å². The van der Waals surface area contributed by atoms with Gasteiger partial charge in [0, 0.05) is 31.9 Å². The number of nitrogens with two attached hydrogens (primary N) is 2. The third-order valence-corrected chi connectivity index (χ3v) is 21.3. The molecule has 0 radical (unpaired) electrons. The van der Waals surface area contributed by atoms with Crippen molar-refractivity contribution < 1.29 is 49.8 Å². The number of hydrogen-bond acceptors (Lipinski definition) is 15. The molecule has 1 aliphatic rings. The summed E-state index contributed by atoms with van der Waals surface area (Å²) in [6, 6.07) is 22.4. The zero-order valence-electron chi connectivity index (χ0n) is 43.4. The van der Waals surface area contributed by atoms with E-state index in [9.17, 15) is 9.59 Å². The second-order valence-electron chi connectivity index (χ2n) is 20.6. The molecule has 1 fully saturated rings. The smallest absolute Gasteiger partial charge is 0.404 e. The Labute approximate surface area is 429 Å². The summed E-state index contributed by atoms with van der Waals surface area (Å²) in [6.07, 6.45) is -1.85. The first-order valence-corrected chi connectivity index (χ1v) is 29.5. The Hall–Kier alpha value is -6.11. The molecule has 6 rings (SSSR count). The standard InChI is InChI=1S/C50H69N9O11S2Si/c1-49(2,3)45(41(32-69-48(52)61)70-73(10,11)50(4,5)6)55-71(62,63)42-25-24-40(57-27-26-36(31-57)46(51)60)43(47-53-56-59(54-47)30-35-16-22-39(68-9)23-17-35)44(42)72(64,65)58(28-33-12-18-37(66-7)19-13-33)29-34-14-20-38(67-8)21-15-34/h12-25,36,41,45,55H,26-32H2,1-11H3,(H2,51,60)(H2,52,61)/t36?,41-,45?/m0/s1. The van der Waals surface area contributed by atoms with E-state index >= 15 is 16.8 Å². The predicted molar refractivity (Wildman–Crippen MR) is 278 cm³/mol. The zero-order chi connectivity index (χ0) is 53.7. The van der Waals surface area contributed by atoms with E-state index in [0.717, 1.165) is 5.56 Å². The molecule has 0 saturated carbocycles. The van der Waals surface area contributed by atoms with E-state index in [1.165, 1.54) is 35.5 Å². The molecule has 73 heavy (non-hydrogen) atoms. The number of nitrogens with zero attached hydrogens (tertiary/aromatic N) is 6. The van der Waals surface area contributed by atoms with Crippen molar-refractivity contribution in [2.24, 2.45) is 22.8 Å². The molecular weight excluding hydrogens is 995 g/mol. The van der Waals surface area contributed by atoms with Crippen molar-refractivity contribution in [1.29, 1.82) is 0 Å². The van der Waals surface area contributed by atoms with Crippen LogP contribution in [0, 0.1) is 11.3 Å². The highest BCUT2D eigenvalue weighted by Crippen LogP contribution is 2.44. The second kappa shape index (κ2) is 22.6. The molecule has 5 aromatic rings. The predicted octanol–water partition coefficient (Wildman–Crippen LogP) is 6.30. The minimum absolute atomic E-state index is 0.0893. The minimum Gasteiger partial charge on any atom is -0.497 e. The van der Waals surface area contributed by atoms with Gasteiger partial charge in [-0.15, -0.1) is 10.2 Å². The first kappa shape index (κ1) is 56.2. The van der Waals surface area contributed by atoms with Crippen LogP contribution < -0.4 is 35.3 Å². The number of tetrazole rings is 1. The van der Waals surface area contributed by atoms with Crippen molar-refractivity contribution in [2.45, 2.75) is 108 Å². The third-order valence-electron chi connectivity index (χ3n) is 13.3. The number of anilines is 1. The summed E-state index contributed by atoms with van der Waals surface area (Å²) in [7, 11) is -8.18. The van der Waals surface area contributed by atoms with E-state index in [1.807, 2.05) is 46.0 Å². The van der Waals surface area contributed by atoms with E-state index < -0.39 is 80.2 Å². The lowest BCUT2D eigenvalue weighted by molar-refractivity contribution is -0.121. The molecule has 2 unspecified atom stereocenters. The van der Waals surface area contributed by atoms with Gasteiger partial charge in [0.1, 0.15) is 33.6 Å². The normalized spacial score (nSPS) is 15.5. The van der Waals surface area contributed by atoms with Crippen molar-refractivity contribution in [2.75, 3.05) is 45.9 Å². The molecular formula is C50H69N9O11S2Si. The van der Waals surface area contributed by atoms with Crippen LogP contribution in [-0.2, 0) is 53.6 Å². The fraction of sp³-hybridized carbons (Fsp3) is 0.460. The van der Waals surface area contributed by atoms with Gasteiger partial charge in [-0.25, -0.2) is 26.4 Å². The number of amides is 2. The van der Waals surface area contributed by atoms with Gasteiger partial charge in [0.05, 0.1) is 51.5 Å². The number of sulfonamides is 2. The second-order valence-corrected chi connectivity index (χ2v) is 28.9. The number of benzene rings is 4. The van der Waals surface area contributed by atoms with Crippen molar-refractivity contribution in [1.82, 2.24) is 29.2 Å². The highest BCUT2D eigenvalue weighted by molar-refractivity contribution is 7.92. The number of hydrogen-bond donors (Lipinski definition) is 3. The van der Waals surface area contributed by atoms with Crippen molar-refractivity contribution in [3.63, 3.8) is 0 Å². The Bertz CT molecular complexity index is 2890. The van der Waals surface area contributed by atoms with E-state index in [-0.39, 0.29) is 54.8 Å². The van der Waals surface area contributed by atoms with Gasteiger partial charge in [-0.2, -0.15) is 9.10 Å². The molecule has 396 valence electrons. The van der Waals surface area contributed by atoms with Crippen LogP contribution in [0.5, 0.6) is 17.2 Å². The molecule has 2 amide bonds. The SMILES string of the molecule is COc1ccc(CN(Cc2ccc(OC)cc2)S(=O)(=O)c2c(S(=O)(=O)NC([C@H](COC(N)=O)O[Si](C)(C)C(C)(C)C)C(C)(C)C)ccc(N3CCC(C(N)=O)C3)c2-c2nnn(Cc3ccc(OC)cc3)n2)cc1. The van der Waals surface area contributed by atoms with E-state index in [0.29, 0.717) is 34.8 Å². The van der Waals surface area contributed by atoms with Crippen LogP contribution in [0.1, 0.15) is 64.7 Å². The van der Waals surface area contributed by atoms with Crippen molar-refractivity contribution in [3.05, 3.63) is 102 Å². The summed E-state index contributed by atoms with van der Waals surface area (Å²) in [4.78, 5) is 26.6. The number of primary amides is 2. The fourth-order valence-electron chi connectivity index (χ4n) is 8.20. The van der Waals surface area contributed by atoms with E-state index in [1.54, 1.807) is 93.4 Å². The summed E-state index contributed by atoms with van der Waals surface area (Å²) in [5.41, 5.74) is 12.3. The molecule has 0 spiro atoms. The molecule has 1 aliphatic heterocycles. The number of carbonyl (C=O) groups excluding carboxylic acids is 2. The Morgan fingerprint density at radius 2 is 1.32 bits per heavy atom. The maximum absolute atomic E-state index is 16.3. The number of methoxy groups -OCH3 is 3. The van der Waals surface area contributed by atoms with E-state index in [2.05, 4.69) is 15.0 Å². The molecule has 3 atom stereocenters. The van der Waals surface area contributed by atoms with Gasteiger partial charge < -0.3 is 39.7 Å². The van der Waals surface area contributed by atoms with Crippen LogP contribution in [0.2, 0.25) is 18.1 Å². The maximum Gasteiger partial charge on any atom is 0.404 e. The molecule has 1 aromatic heterocycles. The molecule has 20 nitrogen and oxygen atoms in total. The number of aromatic nitrogens is 4. The lowest BCUT2D eigenvalue weighted by atomic mass is 9.84. The highest BCUT2D eigenvalue weighted by Gasteiger charge is 2.46. The summed E-state index contributed by atoms with van der Waals surface area (Å²) in [5.74, 6) is 0.344. The topological polar surface area (TPSA) is 263 Å². The molecule has 0 bridgehead atoms. The molecule has 2 heterocycles. The van der Waals surface area contributed by atoms with Gasteiger partial charge in [0.15, 0.2) is 8.32 Å². The number of rotatable bonds is 22. The monoisotopic (exact) mass is 1060 g/mol. The Morgan fingerprint density at radius 3 is 1.77 bits per heavy atom. The molecule has 5 N–H and O–H groups in total. The van der Waals surface area contributed by atoms with Gasteiger partial charge in [-0.1, -0.05) is 77.9 Å². The fourth-order valence-corrected chi connectivity index (χ4v) is 13.4. The lowest BCUT2D eigenvalue weighted by Crippen LogP contribution is -2.58. The quantitative estimate of drug-likeness (QED) is 0.0643. The van der Waals surface area contributed by atoms with Gasteiger partial charge >= 0.3 is 6.09 Å². The van der Waals surface area contributed by atoms with Gasteiger partial charge in [-0.05, 0) is 100 Å². The highest BCUT2D eigenvalue weighted by atomic mass is 32.2. The van der Waals surface area contributed by atoms with Gasteiger partial charge in [0.25, 0.3) is 0 Å². The lowest BCUT2D eigenvalue weighted by Gasteiger charge is -2.44. The van der Waals surface area contributed by atoms with Crippen LogP contribution in [0.3, 0.4) is 0 Å². The van der Waals surface area contributed by atoms with Crippen LogP contribution >= 0.6 is 0 Å². The number of ether oxygens (including phenoxy) is 4. The van der Waals surface area contributed by atoms with Crippen LogP contribution in [0.4, 0.5) is 10.5 Å². The van der Waals surface area contributed by atoms with Crippen LogP contribution in [0.25, 0.3) is 11.4 Å². The molecule has 4 aromatic carbocycles. The maximum atomic E-state index is 16.3. The van der Waals surface area contributed by atoms with Crippen molar-refractivity contribution >= 4 is 46.1 Å². The number of carbonyl (C=O) groups is 2. The molecule has 23 heteroatoms. The molecule has 1 saturated heterocycles. The Kier molecular flexibility index (Phi) is 17.4. The Balaban J connectivity index is 1.65. The first-order chi connectivity index (χ1) is 34.2. The third kappa shape index (κ3) is 13.5. The number of nitrogens with one attached hydrogen (secondary N) is 1. The summed E-state index contributed by atoms with van der Waals surface area (Å²) in [5, 5.41) is 13.2. The average molecular weight is 1060 g/mol. The Morgan fingerprint density at radius 1 is 0.795 bits per heavy atom. The summed E-state index contributed by atoms with van der Waals surface area (Å²) in [6.45, 7) is 14.9. The van der Waals surface area contributed by atoms with Gasteiger partial charge in [-0.3, -0.25) is 4.79 Å². The van der Waals surface area contributed by atoms with Crippen molar-refractivity contribution in [3.8, 4) is 28.6 Å².